The maximum Gasteiger partial charge on any atom is 0.197 e. The Kier molecular flexibility index (Phi) is 2.75. The quantitative estimate of drug-likeness (QED) is 0.831. The first-order valence-corrected chi connectivity index (χ1v) is 6.39. The van der Waals surface area contributed by atoms with Crippen LogP contribution in [0.4, 0.5) is 4.39 Å². The second kappa shape index (κ2) is 3.90. The minimum Gasteiger partial charge on any atom is -0.301 e. The van der Waals surface area contributed by atoms with E-state index in [9.17, 15) is 12.8 Å². The molecule has 15 heavy (non-hydrogen) atoms. The van der Waals surface area contributed by atoms with Gasteiger partial charge in [0.05, 0.1) is 0 Å². The lowest BCUT2D eigenvalue weighted by Crippen LogP contribution is -2.31. The molecule has 82 valence electrons. The second-order valence-electron chi connectivity index (χ2n) is 3.56. The fourth-order valence-electron chi connectivity index (χ4n) is 1.75. The molecule has 0 spiro atoms. The molecule has 1 fully saturated rings. The molecule has 0 aromatic heterocycles. The molecule has 1 unspecified atom stereocenters. The summed E-state index contributed by atoms with van der Waals surface area (Å²) in [6.45, 7) is 0.679. The van der Waals surface area contributed by atoms with Gasteiger partial charge in [-0.05, 0) is 31.5 Å². The summed E-state index contributed by atoms with van der Waals surface area (Å²) in [6, 6.07) is 5.49. The Hall–Kier alpha value is -0.940. The van der Waals surface area contributed by atoms with Gasteiger partial charge in [-0.2, -0.15) is 0 Å². The number of nitrogens with one attached hydrogen (secondary N) is 1. The fourth-order valence-corrected chi connectivity index (χ4v) is 3.48. The normalized spacial score (nSPS) is 21.8. The lowest BCUT2D eigenvalue weighted by atomic mass is 10.3. The van der Waals surface area contributed by atoms with Crippen LogP contribution in [0, 0.1) is 5.82 Å². The van der Waals surface area contributed by atoms with E-state index in [4.69, 9.17) is 0 Å². The monoisotopic (exact) mass is 229 g/mol. The van der Waals surface area contributed by atoms with Gasteiger partial charge in [-0.25, -0.2) is 12.8 Å². The van der Waals surface area contributed by atoms with Gasteiger partial charge in [0, 0.05) is 0 Å². The van der Waals surface area contributed by atoms with Crippen molar-refractivity contribution in [2.75, 3.05) is 6.54 Å². The molecule has 1 aliphatic rings. The number of rotatable bonds is 2. The molecule has 1 aromatic rings. The van der Waals surface area contributed by atoms with E-state index in [1.165, 1.54) is 24.3 Å². The molecule has 1 aromatic carbocycles. The van der Waals surface area contributed by atoms with Gasteiger partial charge in [-0.15, -0.1) is 0 Å². The maximum absolute atomic E-state index is 13.3. The zero-order valence-electron chi connectivity index (χ0n) is 8.11. The third-order valence-corrected chi connectivity index (χ3v) is 4.63. The summed E-state index contributed by atoms with van der Waals surface area (Å²) in [5.74, 6) is -0.675. The first-order valence-electron chi connectivity index (χ1n) is 4.84. The van der Waals surface area contributed by atoms with Crippen LogP contribution in [0.2, 0.25) is 0 Å². The van der Waals surface area contributed by atoms with Crippen molar-refractivity contribution in [3.05, 3.63) is 30.1 Å². The highest BCUT2D eigenvalue weighted by Crippen LogP contribution is 2.22. The Morgan fingerprint density at radius 1 is 1.33 bits per heavy atom. The molecule has 1 saturated heterocycles. The van der Waals surface area contributed by atoms with Crippen LogP contribution in [0.15, 0.2) is 29.2 Å². The molecule has 2 rings (SSSR count). The van der Waals surface area contributed by atoms with Crippen molar-refractivity contribution < 1.29 is 12.8 Å². The van der Waals surface area contributed by atoms with E-state index in [1.807, 2.05) is 0 Å². The highest BCUT2D eigenvalue weighted by molar-refractivity contribution is 7.92. The largest absolute Gasteiger partial charge is 0.301 e. The Labute approximate surface area is 88.2 Å². The molecule has 1 heterocycles. The van der Waals surface area contributed by atoms with E-state index in [1.54, 1.807) is 0 Å². The zero-order chi connectivity index (χ0) is 10.9. The predicted octanol–water partition coefficient (Wildman–Crippen LogP) is 1.31. The number of sulfone groups is 1. The number of hydrogen-bond acceptors (Lipinski definition) is 3. The van der Waals surface area contributed by atoms with Crippen LogP contribution >= 0.6 is 0 Å². The van der Waals surface area contributed by atoms with Crippen LogP contribution in [-0.4, -0.2) is 20.3 Å². The Bertz CT molecular complexity index is 452. The third kappa shape index (κ3) is 1.89. The summed E-state index contributed by atoms with van der Waals surface area (Å²) in [7, 11) is -3.56. The summed E-state index contributed by atoms with van der Waals surface area (Å²) in [6.07, 6.45) is 1.37. The van der Waals surface area contributed by atoms with E-state index in [2.05, 4.69) is 5.32 Å². The minimum absolute atomic E-state index is 0.204. The molecule has 0 bridgehead atoms. The van der Waals surface area contributed by atoms with Crippen LogP contribution in [0.3, 0.4) is 0 Å². The molecule has 1 N–H and O–H groups in total. The van der Waals surface area contributed by atoms with E-state index >= 15 is 0 Å². The van der Waals surface area contributed by atoms with Gasteiger partial charge in [0.2, 0.25) is 0 Å². The molecule has 5 heteroatoms. The van der Waals surface area contributed by atoms with Crippen LogP contribution in [0.5, 0.6) is 0 Å². The lowest BCUT2D eigenvalue weighted by Gasteiger charge is -2.12. The highest BCUT2D eigenvalue weighted by Gasteiger charge is 2.31. The van der Waals surface area contributed by atoms with Crippen LogP contribution in [-0.2, 0) is 9.84 Å². The minimum atomic E-state index is -3.56. The van der Waals surface area contributed by atoms with Crippen LogP contribution < -0.4 is 5.32 Å². The summed E-state index contributed by atoms with van der Waals surface area (Å²) in [4.78, 5) is -0.204. The Balaban J connectivity index is 2.41. The summed E-state index contributed by atoms with van der Waals surface area (Å²) in [5, 5.41) is 2.24. The molecule has 0 amide bonds. The SMILES string of the molecule is O=S(=O)(c1ccccc1F)C1CCCN1. The molecular weight excluding hydrogens is 217 g/mol. The van der Waals surface area contributed by atoms with Gasteiger partial charge >= 0.3 is 0 Å². The first kappa shape index (κ1) is 10.6. The van der Waals surface area contributed by atoms with Gasteiger partial charge < -0.3 is 5.32 Å². The lowest BCUT2D eigenvalue weighted by molar-refractivity contribution is 0.550. The molecule has 1 atom stereocenters. The van der Waals surface area contributed by atoms with Crippen molar-refractivity contribution in [1.82, 2.24) is 5.32 Å². The number of benzene rings is 1. The molecule has 0 aliphatic carbocycles. The van der Waals surface area contributed by atoms with Gasteiger partial charge in [-0.3, -0.25) is 0 Å². The average molecular weight is 229 g/mol. The first-order chi connectivity index (χ1) is 7.12. The van der Waals surface area contributed by atoms with Crippen molar-refractivity contribution in [2.45, 2.75) is 23.1 Å². The molecule has 0 radical (unpaired) electrons. The summed E-state index contributed by atoms with van der Waals surface area (Å²) in [5.41, 5.74) is 0. The van der Waals surface area contributed by atoms with E-state index in [0.29, 0.717) is 13.0 Å². The van der Waals surface area contributed by atoms with Crippen molar-refractivity contribution in [3.63, 3.8) is 0 Å². The summed E-state index contributed by atoms with van der Waals surface area (Å²) < 4.78 is 37.2. The molecular formula is C10H12FNO2S. The van der Waals surface area contributed by atoms with Crippen molar-refractivity contribution in [3.8, 4) is 0 Å². The Morgan fingerprint density at radius 3 is 2.67 bits per heavy atom. The average Bonchev–Trinajstić information content (AvgIpc) is 2.71. The van der Waals surface area contributed by atoms with Crippen LogP contribution in [0.25, 0.3) is 0 Å². The topological polar surface area (TPSA) is 46.2 Å². The van der Waals surface area contributed by atoms with Crippen molar-refractivity contribution >= 4 is 9.84 Å². The fraction of sp³-hybridized carbons (Fsp3) is 0.400. The molecule has 0 saturated carbocycles. The Morgan fingerprint density at radius 2 is 2.07 bits per heavy atom. The summed E-state index contributed by atoms with van der Waals surface area (Å²) >= 11 is 0. The number of halogens is 1. The highest BCUT2D eigenvalue weighted by atomic mass is 32.2. The maximum atomic E-state index is 13.3. The number of hydrogen-bond donors (Lipinski definition) is 1. The van der Waals surface area contributed by atoms with E-state index in [0.717, 1.165) is 6.42 Å². The van der Waals surface area contributed by atoms with Gasteiger partial charge in [0.1, 0.15) is 16.1 Å². The van der Waals surface area contributed by atoms with Gasteiger partial charge in [0.15, 0.2) is 9.84 Å². The van der Waals surface area contributed by atoms with Gasteiger partial charge in [-0.1, -0.05) is 12.1 Å². The predicted molar refractivity (Wildman–Crippen MR) is 54.6 cm³/mol. The van der Waals surface area contributed by atoms with Gasteiger partial charge in [0.25, 0.3) is 0 Å². The standard InChI is InChI=1S/C10H12FNO2S/c11-8-4-1-2-5-9(8)15(13,14)10-6-3-7-12-10/h1-2,4-5,10,12H,3,6-7H2. The van der Waals surface area contributed by atoms with Crippen LogP contribution in [0.1, 0.15) is 12.8 Å². The molecule has 1 aliphatic heterocycles. The van der Waals surface area contributed by atoms with Crippen molar-refractivity contribution in [2.24, 2.45) is 0 Å². The molecule has 3 nitrogen and oxygen atoms in total. The van der Waals surface area contributed by atoms with E-state index in [-0.39, 0.29) is 4.90 Å². The zero-order valence-corrected chi connectivity index (χ0v) is 8.93. The third-order valence-electron chi connectivity index (χ3n) is 2.53. The van der Waals surface area contributed by atoms with E-state index < -0.39 is 21.0 Å². The second-order valence-corrected chi connectivity index (χ2v) is 5.66. The smallest absolute Gasteiger partial charge is 0.197 e. The van der Waals surface area contributed by atoms with Crippen molar-refractivity contribution in [1.29, 1.82) is 0 Å².